The number of nitrogens with zero attached hydrogens (tertiary/aromatic N) is 2. The Bertz CT molecular complexity index is 753. The highest BCUT2D eigenvalue weighted by Gasteiger charge is 2.13. The minimum Gasteiger partial charge on any atom is -0.268 e. The third-order valence-electron chi connectivity index (χ3n) is 2.70. The van der Waals surface area contributed by atoms with Crippen molar-refractivity contribution < 1.29 is 8.42 Å². The number of aryl methyl sites for hydroxylation is 1. The van der Waals surface area contributed by atoms with Gasteiger partial charge in [0, 0.05) is 18.8 Å². The summed E-state index contributed by atoms with van der Waals surface area (Å²) in [6.45, 7) is 2.12. The van der Waals surface area contributed by atoms with E-state index in [0.29, 0.717) is 0 Å². The van der Waals surface area contributed by atoms with E-state index in [0.717, 1.165) is 5.56 Å². The summed E-state index contributed by atoms with van der Waals surface area (Å²) < 4.78 is 27.7. The van der Waals surface area contributed by atoms with E-state index in [-0.39, 0.29) is 23.5 Å². The van der Waals surface area contributed by atoms with Crippen LogP contribution in [-0.4, -0.2) is 24.7 Å². The average molecular weight is 293 g/mol. The van der Waals surface area contributed by atoms with Crippen LogP contribution in [0.4, 0.5) is 0 Å². The average Bonchev–Trinajstić information content (AvgIpc) is 2.41. The first kappa shape index (κ1) is 14.4. The summed E-state index contributed by atoms with van der Waals surface area (Å²) in [4.78, 5) is 11.6. The van der Waals surface area contributed by atoms with Crippen molar-refractivity contribution in [2.45, 2.75) is 18.4 Å². The van der Waals surface area contributed by atoms with Crippen LogP contribution >= 0.6 is 0 Å². The summed E-state index contributed by atoms with van der Waals surface area (Å²) >= 11 is 0. The second-order valence-electron chi connectivity index (χ2n) is 4.30. The van der Waals surface area contributed by atoms with Crippen LogP contribution in [0.25, 0.3) is 0 Å². The van der Waals surface area contributed by atoms with E-state index in [1.54, 1.807) is 12.1 Å². The molecule has 0 atom stereocenters. The van der Waals surface area contributed by atoms with Crippen molar-refractivity contribution in [3.8, 4) is 0 Å². The molecule has 1 heterocycles. The van der Waals surface area contributed by atoms with Crippen LogP contribution < -0.4 is 10.3 Å². The van der Waals surface area contributed by atoms with E-state index >= 15 is 0 Å². The summed E-state index contributed by atoms with van der Waals surface area (Å²) in [7, 11) is -3.56. The molecule has 0 fully saturated rings. The molecule has 0 radical (unpaired) electrons. The first-order valence-corrected chi connectivity index (χ1v) is 7.56. The predicted molar refractivity (Wildman–Crippen MR) is 74.9 cm³/mol. The maximum Gasteiger partial charge on any atom is 0.266 e. The molecule has 0 aliphatic carbocycles. The summed E-state index contributed by atoms with van der Waals surface area (Å²) in [5.41, 5.74) is 0.607. The van der Waals surface area contributed by atoms with E-state index in [2.05, 4.69) is 9.82 Å². The Morgan fingerprint density at radius 2 is 2.05 bits per heavy atom. The van der Waals surface area contributed by atoms with Crippen molar-refractivity contribution in [3.63, 3.8) is 0 Å². The van der Waals surface area contributed by atoms with Gasteiger partial charge in [-0.3, -0.25) is 4.79 Å². The largest absolute Gasteiger partial charge is 0.268 e. The second kappa shape index (κ2) is 5.98. The highest BCUT2D eigenvalue weighted by atomic mass is 32.2. The maximum atomic E-state index is 12.0. The first-order chi connectivity index (χ1) is 9.49. The summed E-state index contributed by atoms with van der Waals surface area (Å²) in [5, 5.41) is 3.85. The van der Waals surface area contributed by atoms with Gasteiger partial charge in [0.05, 0.1) is 11.4 Å². The van der Waals surface area contributed by atoms with Gasteiger partial charge >= 0.3 is 0 Å². The molecule has 6 nitrogen and oxygen atoms in total. The lowest BCUT2D eigenvalue weighted by atomic mass is 10.2. The molecule has 0 amide bonds. The SMILES string of the molecule is Cc1cccc(S(=O)(=O)NCCn2ncccc2=O)c1. The van der Waals surface area contributed by atoms with Crippen LogP contribution in [-0.2, 0) is 16.6 Å². The van der Waals surface area contributed by atoms with Gasteiger partial charge in [0.1, 0.15) is 0 Å². The predicted octanol–water partition coefficient (Wildman–Crippen LogP) is 0.530. The number of benzene rings is 1. The minimum absolute atomic E-state index is 0.104. The van der Waals surface area contributed by atoms with Crippen molar-refractivity contribution in [2.75, 3.05) is 6.54 Å². The number of nitrogens with one attached hydrogen (secondary N) is 1. The van der Waals surface area contributed by atoms with Gasteiger partial charge < -0.3 is 0 Å². The standard InChI is InChI=1S/C13H15N3O3S/c1-11-4-2-5-12(10-11)20(18,19)15-8-9-16-13(17)6-3-7-14-16/h2-7,10,15H,8-9H2,1H3. The lowest BCUT2D eigenvalue weighted by molar-refractivity contribution is 0.547. The molecule has 0 aliphatic heterocycles. The maximum absolute atomic E-state index is 12.0. The fraction of sp³-hybridized carbons (Fsp3) is 0.231. The fourth-order valence-corrected chi connectivity index (χ4v) is 2.83. The molecular weight excluding hydrogens is 278 g/mol. The van der Waals surface area contributed by atoms with Crippen LogP contribution in [0.15, 0.2) is 52.3 Å². The zero-order valence-electron chi connectivity index (χ0n) is 11.0. The summed E-state index contributed by atoms with van der Waals surface area (Å²) in [6, 6.07) is 9.55. The Kier molecular flexibility index (Phi) is 4.31. The molecule has 0 saturated carbocycles. The second-order valence-corrected chi connectivity index (χ2v) is 6.07. The monoisotopic (exact) mass is 293 g/mol. The van der Waals surface area contributed by atoms with Gasteiger partial charge in [-0.1, -0.05) is 12.1 Å². The molecule has 1 N–H and O–H groups in total. The van der Waals surface area contributed by atoms with Gasteiger partial charge in [0.15, 0.2) is 0 Å². The minimum atomic E-state index is -3.56. The lowest BCUT2D eigenvalue weighted by Gasteiger charge is -2.08. The Hall–Kier alpha value is -1.99. The number of rotatable bonds is 5. The van der Waals surface area contributed by atoms with Crippen LogP contribution in [0.1, 0.15) is 5.56 Å². The molecule has 106 valence electrons. The highest BCUT2D eigenvalue weighted by Crippen LogP contribution is 2.10. The van der Waals surface area contributed by atoms with Crippen LogP contribution in [0, 0.1) is 6.92 Å². The van der Waals surface area contributed by atoms with Gasteiger partial charge in [-0.05, 0) is 30.7 Å². The molecule has 0 bridgehead atoms. The molecular formula is C13H15N3O3S. The number of hydrogen-bond donors (Lipinski definition) is 1. The van der Waals surface area contributed by atoms with Crippen molar-refractivity contribution in [1.82, 2.24) is 14.5 Å². The van der Waals surface area contributed by atoms with Crippen molar-refractivity contribution in [2.24, 2.45) is 0 Å². The number of hydrogen-bond acceptors (Lipinski definition) is 4. The topological polar surface area (TPSA) is 81.1 Å². The molecule has 0 spiro atoms. The Morgan fingerprint density at radius 3 is 2.75 bits per heavy atom. The van der Waals surface area contributed by atoms with Crippen LogP contribution in [0.5, 0.6) is 0 Å². The summed E-state index contributed by atoms with van der Waals surface area (Å²) in [6.07, 6.45) is 1.48. The van der Waals surface area contributed by atoms with E-state index < -0.39 is 10.0 Å². The first-order valence-electron chi connectivity index (χ1n) is 6.07. The molecule has 2 aromatic rings. The van der Waals surface area contributed by atoms with Crippen LogP contribution in [0.2, 0.25) is 0 Å². The Morgan fingerprint density at radius 1 is 1.25 bits per heavy atom. The van der Waals surface area contributed by atoms with Gasteiger partial charge in [0.25, 0.3) is 5.56 Å². The van der Waals surface area contributed by atoms with Gasteiger partial charge in [-0.2, -0.15) is 5.10 Å². The molecule has 0 aliphatic rings. The Balaban J connectivity index is 2.04. The van der Waals surface area contributed by atoms with Gasteiger partial charge in [-0.25, -0.2) is 17.8 Å². The van der Waals surface area contributed by atoms with Gasteiger partial charge in [-0.15, -0.1) is 0 Å². The smallest absolute Gasteiger partial charge is 0.266 e. The van der Waals surface area contributed by atoms with E-state index in [1.807, 2.05) is 13.0 Å². The third-order valence-corrected chi connectivity index (χ3v) is 4.16. The van der Waals surface area contributed by atoms with E-state index in [9.17, 15) is 13.2 Å². The van der Waals surface area contributed by atoms with Crippen molar-refractivity contribution in [3.05, 3.63) is 58.5 Å². The molecule has 2 rings (SSSR count). The molecule has 0 saturated heterocycles. The molecule has 0 unspecified atom stereocenters. The highest BCUT2D eigenvalue weighted by molar-refractivity contribution is 7.89. The third kappa shape index (κ3) is 3.52. The van der Waals surface area contributed by atoms with E-state index in [4.69, 9.17) is 0 Å². The molecule has 1 aromatic carbocycles. The molecule has 1 aromatic heterocycles. The van der Waals surface area contributed by atoms with Crippen molar-refractivity contribution in [1.29, 1.82) is 0 Å². The van der Waals surface area contributed by atoms with Crippen molar-refractivity contribution >= 4 is 10.0 Å². The van der Waals surface area contributed by atoms with Gasteiger partial charge in [0.2, 0.25) is 10.0 Å². The van der Waals surface area contributed by atoms with Crippen LogP contribution in [0.3, 0.4) is 0 Å². The normalized spacial score (nSPS) is 11.4. The zero-order valence-corrected chi connectivity index (χ0v) is 11.8. The fourth-order valence-electron chi connectivity index (χ4n) is 1.71. The summed E-state index contributed by atoms with van der Waals surface area (Å²) in [5.74, 6) is 0. The zero-order chi connectivity index (χ0) is 14.6. The lowest BCUT2D eigenvalue weighted by Crippen LogP contribution is -2.31. The quantitative estimate of drug-likeness (QED) is 0.872. The molecule has 7 heteroatoms. The molecule has 20 heavy (non-hydrogen) atoms. The number of aromatic nitrogens is 2. The van der Waals surface area contributed by atoms with E-state index in [1.165, 1.54) is 29.1 Å². The number of sulfonamides is 1. The Labute approximate surface area is 117 Å².